The second kappa shape index (κ2) is 3.34. The van der Waals surface area contributed by atoms with Crippen LogP contribution in [0.25, 0.3) is 0 Å². The number of carbonyl (C=O) groups excluding carboxylic acids is 1. The Kier molecular flexibility index (Phi) is 2.65. The third-order valence-electron chi connectivity index (χ3n) is 2.09. The van der Waals surface area contributed by atoms with Crippen LogP contribution in [0.15, 0.2) is 0 Å². The molecule has 3 nitrogen and oxygen atoms in total. The van der Waals surface area contributed by atoms with Crippen LogP contribution in [0, 0.1) is 5.92 Å². The Morgan fingerprint density at radius 1 is 1.64 bits per heavy atom. The van der Waals surface area contributed by atoms with Crippen LogP contribution in [-0.2, 0) is 0 Å². The van der Waals surface area contributed by atoms with E-state index in [0.717, 1.165) is 19.5 Å². The predicted molar refractivity (Wildman–Crippen MR) is 47.5 cm³/mol. The monoisotopic (exact) mass is 174 g/mol. The molecule has 0 bridgehead atoms. The second-order valence-corrected chi connectivity index (χ2v) is 3.50. The average Bonchev–Trinajstić information content (AvgIpc) is 1.99. The summed E-state index contributed by atoms with van der Waals surface area (Å²) in [7, 11) is 1.81. The van der Waals surface area contributed by atoms with Gasteiger partial charge in [-0.05, 0) is 12.3 Å². The van der Waals surface area contributed by atoms with Gasteiger partial charge in [-0.25, -0.2) is 4.79 Å². The van der Waals surface area contributed by atoms with E-state index in [1.807, 2.05) is 7.05 Å². The standard InChI is InChI=1S/C7H14N2OS/c1-3-6-4-8(2)7(10)9(11)5-6/h6,11H,3-5H2,1-2H3. The summed E-state index contributed by atoms with van der Waals surface area (Å²) >= 11 is 4.07. The van der Waals surface area contributed by atoms with Crippen LogP contribution < -0.4 is 0 Å². The first kappa shape index (κ1) is 8.71. The molecule has 1 heterocycles. The SMILES string of the molecule is CCC1CN(C)C(=O)N(S)C1. The zero-order chi connectivity index (χ0) is 8.43. The molecule has 4 heteroatoms. The van der Waals surface area contributed by atoms with Crippen molar-refractivity contribution in [3.8, 4) is 0 Å². The fourth-order valence-electron chi connectivity index (χ4n) is 1.30. The minimum atomic E-state index is 0.0121. The van der Waals surface area contributed by atoms with Crippen LogP contribution in [0.4, 0.5) is 4.79 Å². The number of amides is 2. The fraction of sp³-hybridized carbons (Fsp3) is 0.857. The first-order valence-electron chi connectivity index (χ1n) is 3.86. The smallest absolute Gasteiger partial charge is 0.327 e. The van der Waals surface area contributed by atoms with Crippen LogP contribution in [-0.4, -0.2) is 35.4 Å². The highest BCUT2D eigenvalue weighted by molar-refractivity contribution is 7.78. The van der Waals surface area contributed by atoms with Gasteiger partial charge in [0.2, 0.25) is 0 Å². The Labute approximate surface area is 72.9 Å². The van der Waals surface area contributed by atoms with Gasteiger partial charge >= 0.3 is 6.03 Å². The molecule has 0 N–H and O–H groups in total. The van der Waals surface area contributed by atoms with E-state index in [2.05, 4.69) is 19.7 Å². The molecule has 0 aliphatic carbocycles. The molecule has 11 heavy (non-hydrogen) atoms. The molecule has 1 atom stereocenters. The van der Waals surface area contributed by atoms with Crippen molar-refractivity contribution in [2.45, 2.75) is 13.3 Å². The van der Waals surface area contributed by atoms with E-state index in [1.165, 1.54) is 4.31 Å². The highest BCUT2D eigenvalue weighted by atomic mass is 32.1. The van der Waals surface area contributed by atoms with Crippen LogP contribution in [0.5, 0.6) is 0 Å². The van der Waals surface area contributed by atoms with E-state index in [-0.39, 0.29) is 6.03 Å². The molecule has 1 aliphatic heterocycles. The molecule has 1 rings (SSSR count). The van der Waals surface area contributed by atoms with Gasteiger partial charge in [-0.1, -0.05) is 19.7 Å². The summed E-state index contributed by atoms with van der Waals surface area (Å²) in [6, 6.07) is 0.0121. The van der Waals surface area contributed by atoms with E-state index in [9.17, 15) is 4.79 Å². The number of hydrogen-bond donors (Lipinski definition) is 1. The molecule has 0 saturated carbocycles. The molecule has 64 valence electrons. The largest absolute Gasteiger partial charge is 0.329 e. The van der Waals surface area contributed by atoms with Crippen molar-refractivity contribution in [2.75, 3.05) is 20.1 Å². The third kappa shape index (κ3) is 1.80. The number of nitrogens with zero attached hydrogens (tertiary/aromatic N) is 2. The molecule has 0 spiro atoms. The van der Waals surface area contributed by atoms with E-state index in [1.54, 1.807) is 4.90 Å². The van der Waals surface area contributed by atoms with Gasteiger partial charge in [0.15, 0.2) is 0 Å². The molecule has 1 saturated heterocycles. The molecular formula is C7H14N2OS. The fourth-order valence-corrected chi connectivity index (χ4v) is 1.68. The Hall–Kier alpha value is -0.380. The van der Waals surface area contributed by atoms with Gasteiger partial charge in [0, 0.05) is 20.1 Å². The summed E-state index contributed by atoms with van der Waals surface area (Å²) in [5.41, 5.74) is 0. The molecule has 0 aromatic rings. The summed E-state index contributed by atoms with van der Waals surface area (Å²) in [5.74, 6) is 0.579. The summed E-state index contributed by atoms with van der Waals surface area (Å²) in [6.45, 7) is 3.78. The Bertz CT molecular complexity index is 149. The van der Waals surface area contributed by atoms with Gasteiger partial charge in [0.1, 0.15) is 0 Å². The summed E-state index contributed by atoms with van der Waals surface area (Å²) < 4.78 is 1.48. The molecule has 0 aromatic carbocycles. The van der Waals surface area contributed by atoms with Crippen molar-refractivity contribution in [2.24, 2.45) is 5.92 Å². The minimum absolute atomic E-state index is 0.0121. The minimum Gasteiger partial charge on any atom is -0.327 e. The van der Waals surface area contributed by atoms with Gasteiger partial charge in [-0.3, -0.25) is 4.31 Å². The number of thiol groups is 1. The maximum atomic E-state index is 11.2. The first-order chi connectivity index (χ1) is 5.15. The van der Waals surface area contributed by atoms with Gasteiger partial charge in [0.05, 0.1) is 0 Å². The molecule has 0 radical (unpaired) electrons. The molecule has 2 amide bonds. The maximum Gasteiger partial charge on any atom is 0.329 e. The van der Waals surface area contributed by atoms with Crippen LogP contribution >= 0.6 is 12.8 Å². The lowest BCUT2D eigenvalue weighted by Gasteiger charge is -2.34. The van der Waals surface area contributed by atoms with Gasteiger partial charge in [-0.15, -0.1) is 0 Å². The lowest BCUT2D eigenvalue weighted by atomic mass is 10.1. The Balaban J connectivity index is 2.54. The van der Waals surface area contributed by atoms with Gasteiger partial charge < -0.3 is 4.90 Å². The highest BCUT2D eigenvalue weighted by Crippen LogP contribution is 2.16. The van der Waals surface area contributed by atoms with Crippen molar-refractivity contribution in [1.82, 2.24) is 9.21 Å². The highest BCUT2D eigenvalue weighted by Gasteiger charge is 2.26. The van der Waals surface area contributed by atoms with E-state index < -0.39 is 0 Å². The van der Waals surface area contributed by atoms with Crippen molar-refractivity contribution >= 4 is 18.8 Å². The predicted octanol–water partition coefficient (Wildman–Crippen LogP) is 1.22. The third-order valence-corrected chi connectivity index (χ3v) is 2.42. The van der Waals surface area contributed by atoms with E-state index >= 15 is 0 Å². The van der Waals surface area contributed by atoms with Crippen molar-refractivity contribution in [1.29, 1.82) is 0 Å². The van der Waals surface area contributed by atoms with Crippen LogP contribution in [0.3, 0.4) is 0 Å². The lowest BCUT2D eigenvalue weighted by molar-refractivity contribution is 0.153. The molecular weight excluding hydrogens is 160 g/mol. The van der Waals surface area contributed by atoms with Crippen molar-refractivity contribution in [3.05, 3.63) is 0 Å². The summed E-state index contributed by atoms with van der Waals surface area (Å²) in [6.07, 6.45) is 1.11. The Morgan fingerprint density at radius 3 is 2.73 bits per heavy atom. The number of urea groups is 1. The average molecular weight is 174 g/mol. The van der Waals surface area contributed by atoms with Crippen molar-refractivity contribution in [3.63, 3.8) is 0 Å². The van der Waals surface area contributed by atoms with Crippen LogP contribution in [0.2, 0.25) is 0 Å². The van der Waals surface area contributed by atoms with E-state index in [4.69, 9.17) is 0 Å². The molecule has 1 fully saturated rings. The quantitative estimate of drug-likeness (QED) is 0.594. The van der Waals surface area contributed by atoms with Gasteiger partial charge in [-0.2, -0.15) is 0 Å². The number of carbonyl (C=O) groups is 1. The van der Waals surface area contributed by atoms with E-state index in [0.29, 0.717) is 5.92 Å². The maximum absolute atomic E-state index is 11.2. The van der Waals surface area contributed by atoms with Crippen molar-refractivity contribution < 1.29 is 4.79 Å². The summed E-state index contributed by atoms with van der Waals surface area (Å²) in [5, 5.41) is 0. The topological polar surface area (TPSA) is 23.6 Å². The molecule has 1 aliphatic rings. The normalized spacial score (nSPS) is 26.1. The molecule has 1 unspecified atom stereocenters. The second-order valence-electron chi connectivity index (χ2n) is 3.02. The summed E-state index contributed by atoms with van der Waals surface area (Å²) in [4.78, 5) is 12.9. The molecule has 0 aromatic heterocycles. The lowest BCUT2D eigenvalue weighted by Crippen LogP contribution is -2.47. The zero-order valence-corrected chi connectivity index (χ0v) is 7.84. The zero-order valence-electron chi connectivity index (χ0n) is 6.95. The van der Waals surface area contributed by atoms with Crippen LogP contribution in [0.1, 0.15) is 13.3 Å². The first-order valence-corrected chi connectivity index (χ1v) is 4.26. The number of hydrogen-bond acceptors (Lipinski definition) is 2. The Morgan fingerprint density at radius 2 is 2.27 bits per heavy atom. The number of rotatable bonds is 1. The van der Waals surface area contributed by atoms with Gasteiger partial charge in [0.25, 0.3) is 0 Å².